The molecule has 0 radical (unpaired) electrons. The van der Waals surface area contributed by atoms with E-state index in [1.54, 1.807) is 0 Å². The van der Waals surface area contributed by atoms with Crippen molar-refractivity contribution in [2.75, 3.05) is 6.61 Å². The van der Waals surface area contributed by atoms with Crippen molar-refractivity contribution >= 4 is 11.8 Å². The summed E-state index contributed by atoms with van der Waals surface area (Å²) in [6, 6.07) is 0. The fourth-order valence-electron chi connectivity index (χ4n) is 3.71. The first kappa shape index (κ1) is 13.5. The highest BCUT2D eigenvalue weighted by Crippen LogP contribution is 2.63. The van der Waals surface area contributed by atoms with Crippen LogP contribution in [-0.4, -0.2) is 16.8 Å². The van der Waals surface area contributed by atoms with E-state index < -0.39 is 0 Å². The minimum atomic E-state index is 0.121. The molecule has 1 aliphatic carbocycles. The van der Waals surface area contributed by atoms with Crippen molar-refractivity contribution in [3.63, 3.8) is 0 Å². The third kappa shape index (κ3) is 2.31. The van der Waals surface area contributed by atoms with E-state index in [1.165, 1.54) is 38.5 Å². The van der Waals surface area contributed by atoms with Crippen molar-refractivity contribution in [3.8, 4) is 0 Å². The molecule has 0 aromatic carbocycles. The van der Waals surface area contributed by atoms with Crippen molar-refractivity contribution in [1.82, 2.24) is 0 Å². The summed E-state index contributed by atoms with van der Waals surface area (Å²) in [5.41, 5.74) is 0.404. The molecule has 1 saturated carbocycles. The van der Waals surface area contributed by atoms with Crippen molar-refractivity contribution in [3.05, 3.63) is 12.7 Å². The Balaban J connectivity index is 2.12. The first-order valence-electron chi connectivity index (χ1n) is 7.11. The van der Waals surface area contributed by atoms with E-state index in [4.69, 9.17) is 4.74 Å². The first-order valence-corrected chi connectivity index (χ1v) is 7.99. The summed E-state index contributed by atoms with van der Waals surface area (Å²) < 4.78 is 6.25. The molecule has 2 fully saturated rings. The van der Waals surface area contributed by atoms with E-state index in [0.29, 0.717) is 5.41 Å². The Labute approximate surface area is 110 Å². The molecule has 2 unspecified atom stereocenters. The van der Waals surface area contributed by atoms with Crippen LogP contribution in [0.15, 0.2) is 12.7 Å². The maximum atomic E-state index is 6.25. The van der Waals surface area contributed by atoms with E-state index in [2.05, 4.69) is 38.3 Å². The zero-order chi connectivity index (χ0) is 12.4. The van der Waals surface area contributed by atoms with Crippen LogP contribution in [0.3, 0.4) is 0 Å². The second kappa shape index (κ2) is 5.36. The Hall–Kier alpha value is 0.0500. The van der Waals surface area contributed by atoms with E-state index in [-0.39, 0.29) is 4.93 Å². The number of hydrogen-bond acceptors (Lipinski definition) is 2. The Morgan fingerprint density at radius 3 is 2.94 bits per heavy atom. The van der Waals surface area contributed by atoms with Gasteiger partial charge in [0, 0.05) is 17.3 Å². The van der Waals surface area contributed by atoms with Crippen molar-refractivity contribution in [2.24, 2.45) is 5.41 Å². The highest BCUT2D eigenvalue weighted by Gasteiger charge is 2.59. The van der Waals surface area contributed by atoms with Gasteiger partial charge in [0.1, 0.15) is 4.93 Å². The van der Waals surface area contributed by atoms with Gasteiger partial charge in [-0.15, -0.1) is 18.3 Å². The smallest absolute Gasteiger partial charge is 0.119 e. The molecule has 1 aliphatic heterocycles. The Morgan fingerprint density at radius 2 is 2.24 bits per heavy atom. The summed E-state index contributed by atoms with van der Waals surface area (Å²) in [6.45, 7) is 9.56. The Bertz CT molecular complexity index is 264. The first-order chi connectivity index (χ1) is 8.18. The lowest BCUT2D eigenvalue weighted by Gasteiger charge is -2.40. The lowest BCUT2D eigenvalue weighted by molar-refractivity contribution is 0.0382. The van der Waals surface area contributed by atoms with Crippen LogP contribution in [-0.2, 0) is 4.74 Å². The van der Waals surface area contributed by atoms with E-state index in [9.17, 15) is 0 Å². The quantitative estimate of drug-likeness (QED) is 0.631. The summed E-state index contributed by atoms with van der Waals surface area (Å²) in [6.07, 6.45) is 11.0. The predicted molar refractivity (Wildman–Crippen MR) is 76.4 cm³/mol. The summed E-state index contributed by atoms with van der Waals surface area (Å²) in [4.78, 5) is 0.121. The van der Waals surface area contributed by atoms with Crippen molar-refractivity contribution < 1.29 is 4.74 Å². The largest absolute Gasteiger partial charge is 0.364 e. The SMILES string of the molecule is C=CCC12CCCC1(S[C@@H](C)CCC)OCC2. The average molecular weight is 254 g/mol. The Morgan fingerprint density at radius 1 is 1.41 bits per heavy atom. The van der Waals surface area contributed by atoms with Crippen LogP contribution in [0, 0.1) is 5.41 Å². The van der Waals surface area contributed by atoms with Gasteiger partial charge in [-0.25, -0.2) is 0 Å². The van der Waals surface area contributed by atoms with Gasteiger partial charge in [0.2, 0.25) is 0 Å². The third-order valence-corrected chi connectivity index (χ3v) is 6.28. The molecule has 17 heavy (non-hydrogen) atoms. The maximum Gasteiger partial charge on any atom is 0.119 e. The molecule has 98 valence electrons. The minimum absolute atomic E-state index is 0.121. The summed E-state index contributed by atoms with van der Waals surface area (Å²) in [5.74, 6) is 0. The number of thioether (sulfide) groups is 1. The van der Waals surface area contributed by atoms with Crippen LogP contribution in [0.5, 0.6) is 0 Å². The zero-order valence-electron chi connectivity index (χ0n) is 11.3. The third-order valence-electron chi connectivity index (χ3n) is 4.51. The highest BCUT2D eigenvalue weighted by atomic mass is 32.2. The van der Waals surface area contributed by atoms with Gasteiger partial charge in [-0.1, -0.05) is 26.3 Å². The molecule has 0 aromatic heterocycles. The monoisotopic (exact) mass is 254 g/mol. The molecule has 0 spiro atoms. The van der Waals surface area contributed by atoms with E-state index in [1.807, 2.05) is 0 Å². The molecule has 1 heterocycles. The minimum Gasteiger partial charge on any atom is -0.364 e. The fraction of sp³-hybridized carbons (Fsp3) is 0.867. The highest BCUT2D eigenvalue weighted by molar-refractivity contribution is 8.01. The molecule has 2 aliphatic rings. The molecule has 0 amide bonds. The molecule has 0 N–H and O–H groups in total. The van der Waals surface area contributed by atoms with Crippen LogP contribution in [0.25, 0.3) is 0 Å². The second-order valence-electron chi connectivity index (χ2n) is 5.70. The molecule has 3 atom stereocenters. The molecule has 0 bridgehead atoms. The lowest BCUT2D eigenvalue weighted by atomic mass is 9.79. The Kier molecular flexibility index (Phi) is 4.25. The van der Waals surface area contributed by atoms with Gasteiger partial charge >= 0.3 is 0 Å². The van der Waals surface area contributed by atoms with Gasteiger partial charge in [0.05, 0.1) is 0 Å². The van der Waals surface area contributed by atoms with Gasteiger partial charge in [-0.2, -0.15) is 0 Å². The molecule has 2 heteroatoms. The van der Waals surface area contributed by atoms with Crippen LogP contribution >= 0.6 is 11.8 Å². The maximum absolute atomic E-state index is 6.25. The number of hydrogen-bond donors (Lipinski definition) is 0. The average Bonchev–Trinajstić information content (AvgIpc) is 2.73. The lowest BCUT2D eigenvalue weighted by Crippen LogP contribution is -2.38. The van der Waals surface area contributed by atoms with Gasteiger partial charge < -0.3 is 4.74 Å². The number of ether oxygens (including phenoxy) is 1. The van der Waals surface area contributed by atoms with Crippen LogP contribution in [0.4, 0.5) is 0 Å². The summed E-state index contributed by atoms with van der Waals surface area (Å²) in [7, 11) is 0. The summed E-state index contributed by atoms with van der Waals surface area (Å²) in [5, 5.41) is 0.723. The number of allylic oxidation sites excluding steroid dienone is 1. The normalized spacial score (nSPS) is 38.0. The van der Waals surface area contributed by atoms with Crippen LogP contribution in [0.1, 0.15) is 58.8 Å². The topological polar surface area (TPSA) is 9.23 Å². The standard InChI is InChI=1S/C15H26OS/c1-4-7-13(3)17-15-10-6-9-14(15,8-5-2)11-12-16-15/h5,13H,2,4,6-12H2,1,3H3/t13-,14?,15?/m0/s1. The fourth-order valence-corrected chi connectivity index (χ4v) is 5.67. The van der Waals surface area contributed by atoms with Crippen molar-refractivity contribution in [1.29, 1.82) is 0 Å². The van der Waals surface area contributed by atoms with Gasteiger partial charge in [0.15, 0.2) is 0 Å². The second-order valence-corrected chi connectivity index (χ2v) is 7.40. The van der Waals surface area contributed by atoms with Crippen molar-refractivity contribution in [2.45, 2.75) is 69.0 Å². The van der Waals surface area contributed by atoms with Gasteiger partial charge in [0.25, 0.3) is 0 Å². The zero-order valence-corrected chi connectivity index (χ0v) is 12.2. The molecular formula is C15H26OS. The molecule has 0 aromatic rings. The number of fused-ring (bicyclic) bond motifs is 1. The van der Waals surface area contributed by atoms with Gasteiger partial charge in [-0.3, -0.25) is 0 Å². The molecular weight excluding hydrogens is 228 g/mol. The van der Waals surface area contributed by atoms with Gasteiger partial charge in [-0.05, 0) is 38.5 Å². The number of rotatable bonds is 6. The predicted octanol–water partition coefficient (Wildman–Crippen LogP) is 4.77. The molecule has 2 rings (SSSR count). The van der Waals surface area contributed by atoms with Crippen LogP contribution in [0.2, 0.25) is 0 Å². The molecule has 1 saturated heterocycles. The summed E-state index contributed by atoms with van der Waals surface area (Å²) >= 11 is 2.12. The molecule has 1 nitrogen and oxygen atoms in total. The van der Waals surface area contributed by atoms with E-state index in [0.717, 1.165) is 18.3 Å². The van der Waals surface area contributed by atoms with Crippen LogP contribution < -0.4 is 0 Å². The van der Waals surface area contributed by atoms with E-state index >= 15 is 0 Å².